The number of carboxylic acids is 1. The summed E-state index contributed by atoms with van der Waals surface area (Å²) in [5, 5.41) is 12.0. The first kappa shape index (κ1) is 19.6. The highest BCUT2D eigenvalue weighted by atomic mass is 35.5. The number of amides is 3. The summed E-state index contributed by atoms with van der Waals surface area (Å²) in [6.07, 6.45) is 0. The SMILES string of the molecule is CC(C)CN1C(=O)c2ccc(C(=O)Nc3ccc(Cl)cc3C(=O)O)cc2C1=O. The van der Waals surface area contributed by atoms with E-state index in [1.54, 1.807) is 0 Å². The van der Waals surface area contributed by atoms with Crippen molar-refractivity contribution in [2.45, 2.75) is 13.8 Å². The van der Waals surface area contributed by atoms with Crippen molar-refractivity contribution in [3.63, 3.8) is 0 Å². The van der Waals surface area contributed by atoms with Crippen LogP contribution >= 0.6 is 11.6 Å². The van der Waals surface area contributed by atoms with Crippen molar-refractivity contribution in [1.29, 1.82) is 0 Å². The Balaban J connectivity index is 1.89. The molecule has 0 saturated heterocycles. The van der Waals surface area contributed by atoms with Gasteiger partial charge in [0.15, 0.2) is 0 Å². The smallest absolute Gasteiger partial charge is 0.337 e. The van der Waals surface area contributed by atoms with E-state index in [1.165, 1.54) is 41.3 Å². The van der Waals surface area contributed by atoms with Gasteiger partial charge in [-0.3, -0.25) is 19.3 Å². The van der Waals surface area contributed by atoms with Crippen LogP contribution in [0.2, 0.25) is 5.02 Å². The van der Waals surface area contributed by atoms with Crippen LogP contribution in [0.15, 0.2) is 36.4 Å². The minimum absolute atomic E-state index is 0.0752. The van der Waals surface area contributed by atoms with Crippen LogP contribution in [0.5, 0.6) is 0 Å². The summed E-state index contributed by atoms with van der Waals surface area (Å²) in [6.45, 7) is 4.09. The Kier molecular flexibility index (Phi) is 5.20. The molecule has 3 amide bonds. The largest absolute Gasteiger partial charge is 0.478 e. The lowest BCUT2D eigenvalue weighted by Gasteiger charge is -2.15. The summed E-state index contributed by atoms with van der Waals surface area (Å²) in [7, 11) is 0. The lowest BCUT2D eigenvalue weighted by atomic mass is 10.0. The molecule has 3 rings (SSSR count). The van der Waals surface area contributed by atoms with Crippen LogP contribution in [0.3, 0.4) is 0 Å². The van der Waals surface area contributed by atoms with Gasteiger partial charge in [0.25, 0.3) is 17.7 Å². The zero-order valence-corrected chi connectivity index (χ0v) is 15.9. The molecule has 8 heteroatoms. The van der Waals surface area contributed by atoms with E-state index >= 15 is 0 Å². The molecule has 2 aromatic rings. The van der Waals surface area contributed by atoms with Gasteiger partial charge >= 0.3 is 5.97 Å². The third kappa shape index (κ3) is 3.61. The Bertz CT molecular complexity index is 1020. The molecule has 0 atom stereocenters. The van der Waals surface area contributed by atoms with Gasteiger partial charge in [-0.15, -0.1) is 0 Å². The molecule has 0 bridgehead atoms. The van der Waals surface area contributed by atoms with Gasteiger partial charge in [-0.25, -0.2) is 4.79 Å². The van der Waals surface area contributed by atoms with E-state index in [0.717, 1.165) is 0 Å². The van der Waals surface area contributed by atoms with Crippen LogP contribution in [0, 0.1) is 5.92 Å². The summed E-state index contributed by atoms with van der Waals surface area (Å²) in [4.78, 5) is 50.0. The Hall–Kier alpha value is -3.19. The Labute approximate surface area is 165 Å². The van der Waals surface area contributed by atoms with Crippen molar-refractivity contribution in [2.24, 2.45) is 5.92 Å². The standard InChI is InChI=1S/C20H17ClN2O5/c1-10(2)9-23-18(25)13-5-3-11(7-14(13)19(23)26)17(24)22-16-6-4-12(21)8-15(16)20(27)28/h3-8,10H,9H2,1-2H3,(H,22,24)(H,27,28). The van der Waals surface area contributed by atoms with Gasteiger partial charge in [0.1, 0.15) is 0 Å². The summed E-state index contributed by atoms with van der Waals surface area (Å²) in [6, 6.07) is 8.28. The number of imide groups is 1. The molecule has 2 N–H and O–H groups in total. The third-order valence-corrected chi connectivity index (χ3v) is 4.48. The fourth-order valence-electron chi connectivity index (χ4n) is 2.96. The zero-order chi connectivity index (χ0) is 20.6. The van der Waals surface area contributed by atoms with Crippen LogP contribution in [0.4, 0.5) is 5.69 Å². The molecule has 1 aliphatic rings. The number of nitrogens with one attached hydrogen (secondary N) is 1. The molecule has 144 valence electrons. The molecule has 0 aromatic heterocycles. The molecule has 0 aliphatic carbocycles. The number of hydrogen-bond acceptors (Lipinski definition) is 4. The first-order chi connectivity index (χ1) is 13.2. The van der Waals surface area contributed by atoms with Gasteiger partial charge in [-0.05, 0) is 42.3 Å². The first-order valence-corrected chi connectivity index (χ1v) is 8.91. The summed E-state index contributed by atoms with van der Waals surface area (Å²) in [5.74, 6) is -2.55. The monoisotopic (exact) mass is 400 g/mol. The Morgan fingerprint density at radius 3 is 2.39 bits per heavy atom. The average molecular weight is 401 g/mol. The third-order valence-electron chi connectivity index (χ3n) is 4.24. The van der Waals surface area contributed by atoms with Gasteiger partial charge in [0, 0.05) is 17.1 Å². The molecule has 0 radical (unpaired) electrons. The van der Waals surface area contributed by atoms with Crippen molar-refractivity contribution in [3.05, 3.63) is 63.7 Å². The van der Waals surface area contributed by atoms with Gasteiger partial charge in [-0.1, -0.05) is 25.4 Å². The number of fused-ring (bicyclic) bond motifs is 1. The Morgan fingerprint density at radius 1 is 1.07 bits per heavy atom. The van der Waals surface area contributed by atoms with E-state index in [9.17, 15) is 24.3 Å². The van der Waals surface area contributed by atoms with Gasteiger partial charge in [-0.2, -0.15) is 0 Å². The van der Waals surface area contributed by atoms with Crippen molar-refractivity contribution >= 4 is 41.0 Å². The molecule has 0 spiro atoms. The highest BCUT2D eigenvalue weighted by Crippen LogP contribution is 2.26. The fourth-order valence-corrected chi connectivity index (χ4v) is 3.13. The maximum atomic E-state index is 12.6. The second-order valence-electron chi connectivity index (χ2n) is 6.82. The van der Waals surface area contributed by atoms with Crippen LogP contribution in [0.1, 0.15) is 55.3 Å². The van der Waals surface area contributed by atoms with Crippen LogP contribution in [-0.4, -0.2) is 40.2 Å². The van der Waals surface area contributed by atoms with E-state index in [1.807, 2.05) is 13.8 Å². The summed E-state index contributed by atoms with van der Waals surface area (Å²) < 4.78 is 0. The van der Waals surface area contributed by atoms with Crippen molar-refractivity contribution in [3.8, 4) is 0 Å². The highest BCUT2D eigenvalue weighted by Gasteiger charge is 2.36. The number of anilines is 1. The predicted octanol–water partition coefficient (Wildman–Crippen LogP) is 3.54. The second kappa shape index (κ2) is 7.44. The average Bonchev–Trinajstić information content (AvgIpc) is 2.87. The molecule has 0 saturated carbocycles. The normalized spacial score (nSPS) is 13.1. The predicted molar refractivity (Wildman–Crippen MR) is 103 cm³/mol. The van der Waals surface area contributed by atoms with Gasteiger partial charge in [0.2, 0.25) is 0 Å². The van der Waals surface area contributed by atoms with Crippen molar-refractivity contribution in [1.82, 2.24) is 4.90 Å². The van der Waals surface area contributed by atoms with Gasteiger partial charge in [0.05, 0.1) is 22.4 Å². The molecule has 28 heavy (non-hydrogen) atoms. The first-order valence-electron chi connectivity index (χ1n) is 8.53. The lowest BCUT2D eigenvalue weighted by molar-refractivity contribution is 0.0633. The quantitative estimate of drug-likeness (QED) is 0.747. The molecule has 0 fully saturated rings. The number of carboxylic acid groups (broad SMARTS) is 1. The Morgan fingerprint density at radius 2 is 1.75 bits per heavy atom. The van der Waals surface area contributed by atoms with Crippen LogP contribution in [-0.2, 0) is 0 Å². The maximum Gasteiger partial charge on any atom is 0.337 e. The molecule has 2 aromatic carbocycles. The number of aromatic carboxylic acids is 1. The fraction of sp³-hybridized carbons (Fsp3) is 0.200. The topological polar surface area (TPSA) is 104 Å². The second-order valence-corrected chi connectivity index (χ2v) is 7.26. The highest BCUT2D eigenvalue weighted by molar-refractivity contribution is 6.31. The molecular weight excluding hydrogens is 384 g/mol. The van der Waals surface area contributed by atoms with Crippen molar-refractivity contribution < 1.29 is 24.3 Å². The molecule has 7 nitrogen and oxygen atoms in total. The molecule has 1 heterocycles. The minimum atomic E-state index is -1.24. The van der Waals surface area contributed by atoms with E-state index in [-0.39, 0.29) is 44.8 Å². The van der Waals surface area contributed by atoms with Crippen molar-refractivity contribution in [2.75, 3.05) is 11.9 Å². The summed E-state index contributed by atoms with van der Waals surface area (Å²) >= 11 is 5.81. The minimum Gasteiger partial charge on any atom is -0.478 e. The number of rotatable bonds is 5. The number of carbonyl (C=O) groups is 4. The van der Waals surface area contributed by atoms with Crippen LogP contribution in [0.25, 0.3) is 0 Å². The molecule has 0 unspecified atom stereocenters. The number of nitrogens with zero attached hydrogens (tertiary/aromatic N) is 1. The molecular formula is C20H17ClN2O5. The lowest BCUT2D eigenvalue weighted by Crippen LogP contribution is -2.33. The van der Waals surface area contributed by atoms with Gasteiger partial charge < -0.3 is 10.4 Å². The molecule has 1 aliphatic heterocycles. The number of halogens is 1. The van der Waals surface area contributed by atoms with Crippen LogP contribution < -0.4 is 5.32 Å². The van der Waals surface area contributed by atoms with E-state index < -0.39 is 17.8 Å². The van der Waals surface area contributed by atoms with E-state index in [2.05, 4.69) is 5.32 Å². The maximum absolute atomic E-state index is 12.6. The van der Waals surface area contributed by atoms with E-state index in [0.29, 0.717) is 6.54 Å². The zero-order valence-electron chi connectivity index (χ0n) is 15.2. The number of carbonyl (C=O) groups excluding carboxylic acids is 3. The summed E-state index contributed by atoms with van der Waals surface area (Å²) in [5.41, 5.74) is 0.466. The number of benzene rings is 2. The number of hydrogen-bond donors (Lipinski definition) is 2. The van der Waals surface area contributed by atoms with E-state index in [4.69, 9.17) is 11.6 Å².